The number of nitrogens with zero attached hydrogens (tertiary/aromatic N) is 2. The van der Waals surface area contributed by atoms with Crippen LogP contribution in [-0.2, 0) is 9.59 Å². The fourth-order valence-corrected chi connectivity index (χ4v) is 3.31. The highest BCUT2D eigenvalue weighted by molar-refractivity contribution is 6.30. The van der Waals surface area contributed by atoms with Gasteiger partial charge in [-0.05, 0) is 29.8 Å². The summed E-state index contributed by atoms with van der Waals surface area (Å²) in [7, 11) is 0. The van der Waals surface area contributed by atoms with E-state index in [0.717, 1.165) is 4.68 Å². The summed E-state index contributed by atoms with van der Waals surface area (Å²) in [6.45, 7) is 4.91. The fraction of sp³-hybridized carbons (Fsp3) is 0.280. The highest BCUT2D eigenvalue weighted by atomic mass is 35.5. The quantitative estimate of drug-likeness (QED) is 0.443. The number of carboxylic acids is 1. The molecule has 184 valence electrons. The predicted octanol–water partition coefficient (Wildman–Crippen LogP) is 4.60. The number of nitrogens with one attached hydrogen (secondary N) is 1. The number of carbonyl (C=O) groups excluding carboxylic acids is 2. The molecular weight excluding hydrogens is 477 g/mol. The van der Waals surface area contributed by atoms with Gasteiger partial charge < -0.3 is 15.2 Å². The van der Waals surface area contributed by atoms with Crippen molar-refractivity contribution >= 4 is 29.3 Å². The predicted molar refractivity (Wildman–Crippen MR) is 127 cm³/mol. The average molecular weight is 502 g/mol. The first-order valence-electron chi connectivity index (χ1n) is 10.7. The van der Waals surface area contributed by atoms with E-state index in [1.165, 1.54) is 24.3 Å². The molecule has 0 fully saturated rings. The molecule has 1 aromatic heterocycles. The van der Waals surface area contributed by atoms with Crippen LogP contribution in [-0.4, -0.2) is 39.2 Å². The summed E-state index contributed by atoms with van der Waals surface area (Å²) < 4.78 is 21.2. The Balaban J connectivity index is 1.94. The molecule has 35 heavy (non-hydrogen) atoms. The van der Waals surface area contributed by atoms with Gasteiger partial charge in [-0.1, -0.05) is 56.6 Å². The maximum atomic E-state index is 14.5. The van der Waals surface area contributed by atoms with Crippen LogP contribution in [0.4, 0.5) is 4.39 Å². The largest absolute Gasteiger partial charge is 0.481 e. The van der Waals surface area contributed by atoms with E-state index in [1.54, 1.807) is 51.1 Å². The van der Waals surface area contributed by atoms with Crippen LogP contribution in [0, 0.1) is 11.2 Å². The van der Waals surface area contributed by atoms with Gasteiger partial charge in [-0.2, -0.15) is 9.78 Å². The van der Waals surface area contributed by atoms with Crippen molar-refractivity contribution in [1.29, 1.82) is 0 Å². The lowest BCUT2D eigenvalue weighted by Crippen LogP contribution is -2.30. The molecule has 2 aromatic carbocycles. The molecule has 1 amide bonds. The van der Waals surface area contributed by atoms with E-state index in [1.807, 2.05) is 0 Å². The van der Waals surface area contributed by atoms with Gasteiger partial charge in [-0.15, -0.1) is 0 Å². The zero-order chi connectivity index (χ0) is 25.8. The molecule has 2 N–H and O–H groups in total. The summed E-state index contributed by atoms with van der Waals surface area (Å²) in [6.07, 6.45) is -0.399. The minimum atomic E-state index is -1.13. The molecule has 0 radical (unpaired) electrons. The summed E-state index contributed by atoms with van der Waals surface area (Å²) in [4.78, 5) is 36.8. The van der Waals surface area contributed by atoms with Gasteiger partial charge in [0.25, 0.3) is 5.91 Å². The number of halogens is 2. The van der Waals surface area contributed by atoms with Crippen molar-refractivity contribution < 1.29 is 28.6 Å². The number of Topliss-reactive ketones (excluding diaryl/α,β-unsaturated/α-hetero) is 1. The maximum Gasteiger partial charge on any atom is 0.305 e. The molecule has 0 aliphatic heterocycles. The second kappa shape index (κ2) is 10.7. The second-order valence-electron chi connectivity index (χ2n) is 8.87. The van der Waals surface area contributed by atoms with Crippen molar-refractivity contribution in [2.45, 2.75) is 33.2 Å². The Hall–Kier alpha value is -3.72. The molecule has 3 rings (SSSR count). The first kappa shape index (κ1) is 25.9. The number of aromatic nitrogens is 2. The maximum absolute atomic E-state index is 14.5. The van der Waals surface area contributed by atoms with Gasteiger partial charge in [0.05, 0.1) is 12.5 Å². The summed E-state index contributed by atoms with van der Waals surface area (Å²) >= 11 is 6.02. The van der Waals surface area contributed by atoms with Crippen LogP contribution in [0.1, 0.15) is 49.3 Å². The minimum absolute atomic E-state index is 0.0154. The molecule has 0 spiro atoms. The third-order valence-electron chi connectivity index (χ3n) is 5.11. The standard InChI is InChI=1S/C25H25ClFN3O5/c1-25(2,3)21(31)14-35-22-12-19(29-30(22)20-10-5-4-9-17(20)27)24(34)28-18(13-23(32)33)15-7-6-8-16(26)11-15/h4-12,18H,13-14H2,1-3H3,(H,28,34)(H,32,33)/t18-/m0/s1. The molecule has 10 heteroatoms. The van der Waals surface area contributed by atoms with E-state index in [4.69, 9.17) is 16.3 Å². The Morgan fingerprint density at radius 1 is 1.14 bits per heavy atom. The van der Waals surface area contributed by atoms with Crippen molar-refractivity contribution in [3.63, 3.8) is 0 Å². The van der Waals surface area contributed by atoms with Gasteiger partial charge in [-0.25, -0.2) is 4.39 Å². The second-order valence-corrected chi connectivity index (χ2v) is 9.31. The lowest BCUT2D eigenvalue weighted by Gasteiger charge is -2.17. The number of hydrogen-bond acceptors (Lipinski definition) is 5. The number of benzene rings is 2. The van der Waals surface area contributed by atoms with Gasteiger partial charge in [-0.3, -0.25) is 14.4 Å². The molecule has 1 heterocycles. The smallest absolute Gasteiger partial charge is 0.305 e. The van der Waals surface area contributed by atoms with Gasteiger partial charge in [0.1, 0.15) is 18.1 Å². The van der Waals surface area contributed by atoms with E-state index >= 15 is 0 Å². The molecule has 0 saturated carbocycles. The number of rotatable bonds is 9. The van der Waals surface area contributed by atoms with E-state index in [-0.39, 0.29) is 29.7 Å². The average Bonchev–Trinajstić information content (AvgIpc) is 3.20. The van der Waals surface area contributed by atoms with E-state index < -0.39 is 35.6 Å². The normalized spacial score (nSPS) is 12.1. The number of amides is 1. The third kappa shape index (κ3) is 6.66. The molecule has 0 bridgehead atoms. The van der Waals surface area contributed by atoms with E-state index in [0.29, 0.717) is 10.6 Å². The number of aliphatic carboxylic acids is 1. The van der Waals surface area contributed by atoms with Crippen LogP contribution >= 0.6 is 11.6 Å². The highest BCUT2D eigenvalue weighted by Crippen LogP contribution is 2.25. The lowest BCUT2D eigenvalue weighted by atomic mass is 9.91. The van der Waals surface area contributed by atoms with Crippen molar-refractivity contribution in [3.8, 4) is 11.6 Å². The molecular formula is C25H25ClFN3O5. The zero-order valence-corrected chi connectivity index (χ0v) is 20.2. The summed E-state index contributed by atoms with van der Waals surface area (Å²) in [5, 5.41) is 16.5. The molecule has 0 saturated heterocycles. The number of ketones is 1. The van der Waals surface area contributed by atoms with Crippen molar-refractivity contribution in [2.75, 3.05) is 6.61 Å². The molecule has 0 unspecified atom stereocenters. The van der Waals surface area contributed by atoms with Crippen molar-refractivity contribution in [2.24, 2.45) is 5.41 Å². The first-order chi connectivity index (χ1) is 16.5. The van der Waals surface area contributed by atoms with Crippen LogP contribution in [0.3, 0.4) is 0 Å². The van der Waals surface area contributed by atoms with Crippen LogP contribution in [0.2, 0.25) is 5.02 Å². The molecule has 3 aromatic rings. The number of ether oxygens (including phenoxy) is 1. The molecule has 8 nitrogen and oxygen atoms in total. The highest BCUT2D eigenvalue weighted by Gasteiger charge is 2.26. The summed E-state index contributed by atoms with van der Waals surface area (Å²) in [5.41, 5.74) is -0.302. The lowest BCUT2D eigenvalue weighted by molar-refractivity contribution is -0.137. The third-order valence-corrected chi connectivity index (χ3v) is 5.35. The van der Waals surface area contributed by atoms with Gasteiger partial charge in [0.15, 0.2) is 11.5 Å². The Kier molecular flexibility index (Phi) is 7.91. The monoisotopic (exact) mass is 501 g/mol. The van der Waals surface area contributed by atoms with Gasteiger partial charge in [0, 0.05) is 16.5 Å². The molecule has 0 aliphatic rings. The Labute approximate surface area is 206 Å². The Morgan fingerprint density at radius 2 is 1.86 bits per heavy atom. The number of hydrogen-bond donors (Lipinski definition) is 2. The number of para-hydroxylation sites is 1. The van der Waals surface area contributed by atoms with Crippen LogP contribution in [0.25, 0.3) is 5.69 Å². The Morgan fingerprint density at radius 3 is 2.49 bits per heavy atom. The van der Waals surface area contributed by atoms with E-state index in [9.17, 15) is 23.9 Å². The van der Waals surface area contributed by atoms with Crippen molar-refractivity contribution in [1.82, 2.24) is 15.1 Å². The first-order valence-corrected chi connectivity index (χ1v) is 11.1. The van der Waals surface area contributed by atoms with Crippen LogP contribution < -0.4 is 10.1 Å². The van der Waals surface area contributed by atoms with Crippen LogP contribution in [0.15, 0.2) is 54.6 Å². The van der Waals surface area contributed by atoms with Crippen LogP contribution in [0.5, 0.6) is 5.88 Å². The van der Waals surface area contributed by atoms with E-state index in [2.05, 4.69) is 10.4 Å². The summed E-state index contributed by atoms with van der Waals surface area (Å²) in [5.74, 6) is -2.67. The number of carbonyl (C=O) groups is 3. The topological polar surface area (TPSA) is 111 Å². The van der Waals surface area contributed by atoms with Crippen molar-refractivity contribution in [3.05, 3.63) is 76.7 Å². The SMILES string of the molecule is CC(C)(C)C(=O)COc1cc(C(=O)N[C@@H](CC(=O)O)c2cccc(Cl)c2)nn1-c1ccccc1F. The fourth-order valence-electron chi connectivity index (χ4n) is 3.11. The number of carboxylic acid groups (broad SMARTS) is 1. The molecule has 0 aliphatic carbocycles. The zero-order valence-electron chi connectivity index (χ0n) is 19.4. The minimum Gasteiger partial charge on any atom is -0.481 e. The van der Waals surface area contributed by atoms with Gasteiger partial charge >= 0.3 is 5.97 Å². The molecule has 1 atom stereocenters. The van der Waals surface area contributed by atoms with Gasteiger partial charge in [0.2, 0.25) is 5.88 Å². The summed E-state index contributed by atoms with van der Waals surface area (Å²) in [6, 6.07) is 12.6. The Bertz CT molecular complexity index is 1250.